The Morgan fingerprint density at radius 1 is 1.38 bits per heavy atom. The first-order valence-corrected chi connectivity index (χ1v) is 7.14. The van der Waals surface area contributed by atoms with Crippen LogP contribution in [0.25, 0.3) is 0 Å². The van der Waals surface area contributed by atoms with E-state index >= 15 is 0 Å². The fraction of sp³-hybridized carbons (Fsp3) is 0.562. The molecular formula is C16H27N3O2. The molecule has 0 saturated carbocycles. The highest BCUT2D eigenvalue weighted by Crippen LogP contribution is 2.21. The van der Waals surface area contributed by atoms with E-state index in [0.717, 1.165) is 12.3 Å². The van der Waals surface area contributed by atoms with Gasteiger partial charge in [-0.1, -0.05) is 26.8 Å². The van der Waals surface area contributed by atoms with Gasteiger partial charge < -0.3 is 20.7 Å². The summed E-state index contributed by atoms with van der Waals surface area (Å²) in [6, 6.07) is 6.79. The number of hydrogen-bond donors (Lipinski definition) is 2. The predicted octanol–water partition coefficient (Wildman–Crippen LogP) is 1.94. The number of nitrogens with zero attached hydrogens (tertiary/aromatic N) is 1. The fourth-order valence-electron chi connectivity index (χ4n) is 1.62. The largest absolute Gasteiger partial charge is 0.492 e. The maximum absolute atomic E-state index is 12.1. The molecule has 1 aromatic rings. The zero-order chi connectivity index (χ0) is 16.0. The lowest BCUT2D eigenvalue weighted by atomic mass is 9.87. The van der Waals surface area contributed by atoms with E-state index in [1.807, 2.05) is 64.0 Å². The minimum Gasteiger partial charge on any atom is -0.492 e. The first-order valence-electron chi connectivity index (χ1n) is 7.14. The van der Waals surface area contributed by atoms with Gasteiger partial charge in [-0.2, -0.15) is 0 Å². The van der Waals surface area contributed by atoms with E-state index in [0.29, 0.717) is 12.3 Å². The molecule has 5 heteroatoms. The normalized spacial score (nSPS) is 13.1. The van der Waals surface area contributed by atoms with Crippen LogP contribution < -0.4 is 15.8 Å². The summed E-state index contributed by atoms with van der Waals surface area (Å²) in [5.41, 5.74) is 6.37. The SMILES string of the molecule is CN(C)CCOc1cccc(NC(=O)[C@H](N)C(C)(C)C)c1. The number of anilines is 1. The van der Waals surface area contributed by atoms with Crippen molar-refractivity contribution in [2.45, 2.75) is 26.8 Å². The molecule has 0 bridgehead atoms. The molecule has 0 spiro atoms. The van der Waals surface area contributed by atoms with E-state index in [9.17, 15) is 4.79 Å². The molecule has 0 aliphatic rings. The fourth-order valence-corrected chi connectivity index (χ4v) is 1.62. The van der Waals surface area contributed by atoms with Gasteiger partial charge >= 0.3 is 0 Å². The molecule has 118 valence electrons. The standard InChI is InChI=1S/C16H27N3O2/c1-16(2,3)14(17)15(20)18-12-7-6-8-13(11-12)21-10-9-19(4)5/h6-8,11,14H,9-10,17H2,1-5H3,(H,18,20)/t14-/m0/s1. The summed E-state index contributed by atoms with van der Waals surface area (Å²) in [5, 5.41) is 2.83. The first kappa shape index (κ1) is 17.5. The average Bonchev–Trinajstić information content (AvgIpc) is 2.36. The lowest BCUT2D eigenvalue weighted by Crippen LogP contribution is -2.45. The molecule has 0 radical (unpaired) electrons. The number of likely N-dealkylation sites (N-methyl/N-ethyl adjacent to an activating group) is 1. The van der Waals surface area contributed by atoms with Gasteiger partial charge in [-0.25, -0.2) is 0 Å². The van der Waals surface area contributed by atoms with E-state index in [1.165, 1.54) is 0 Å². The molecule has 1 aromatic carbocycles. The van der Waals surface area contributed by atoms with Crippen LogP contribution in [0, 0.1) is 5.41 Å². The molecule has 0 aliphatic carbocycles. The summed E-state index contributed by atoms with van der Waals surface area (Å²) >= 11 is 0. The molecule has 0 heterocycles. The van der Waals surface area contributed by atoms with Gasteiger partial charge in [-0.3, -0.25) is 4.79 Å². The quantitative estimate of drug-likeness (QED) is 0.841. The highest BCUT2D eigenvalue weighted by molar-refractivity contribution is 5.95. The van der Waals surface area contributed by atoms with Crippen LogP contribution in [0.4, 0.5) is 5.69 Å². The molecule has 0 aromatic heterocycles. The monoisotopic (exact) mass is 293 g/mol. The maximum atomic E-state index is 12.1. The van der Waals surface area contributed by atoms with Crippen LogP contribution in [0.5, 0.6) is 5.75 Å². The lowest BCUT2D eigenvalue weighted by molar-refractivity contribution is -0.119. The molecule has 1 atom stereocenters. The Labute approximate surface area is 127 Å². The second-order valence-electron chi connectivity index (χ2n) is 6.51. The summed E-state index contributed by atoms with van der Waals surface area (Å²) in [7, 11) is 3.99. The van der Waals surface area contributed by atoms with Gasteiger partial charge in [-0.05, 0) is 31.6 Å². The van der Waals surface area contributed by atoms with Crippen molar-refractivity contribution in [1.82, 2.24) is 4.90 Å². The number of amides is 1. The van der Waals surface area contributed by atoms with E-state index in [1.54, 1.807) is 0 Å². The number of rotatable bonds is 6. The minimum absolute atomic E-state index is 0.187. The highest BCUT2D eigenvalue weighted by atomic mass is 16.5. The summed E-state index contributed by atoms with van der Waals surface area (Å²) in [6.45, 7) is 7.27. The van der Waals surface area contributed by atoms with Gasteiger partial charge in [0.05, 0.1) is 6.04 Å². The smallest absolute Gasteiger partial charge is 0.241 e. The van der Waals surface area contributed by atoms with Gasteiger partial charge in [0.2, 0.25) is 5.91 Å². The van der Waals surface area contributed by atoms with E-state index < -0.39 is 6.04 Å². The molecule has 0 fully saturated rings. The van der Waals surface area contributed by atoms with Gasteiger partial charge in [0.25, 0.3) is 0 Å². The van der Waals surface area contributed by atoms with Crippen molar-refractivity contribution in [3.05, 3.63) is 24.3 Å². The van der Waals surface area contributed by atoms with Gasteiger partial charge in [0, 0.05) is 18.3 Å². The Morgan fingerprint density at radius 2 is 2.05 bits per heavy atom. The number of nitrogens with two attached hydrogens (primary N) is 1. The van der Waals surface area contributed by atoms with E-state index in [4.69, 9.17) is 10.5 Å². The second-order valence-corrected chi connectivity index (χ2v) is 6.51. The van der Waals surface area contributed by atoms with Crippen molar-refractivity contribution >= 4 is 11.6 Å². The zero-order valence-corrected chi connectivity index (χ0v) is 13.6. The highest BCUT2D eigenvalue weighted by Gasteiger charge is 2.27. The molecule has 0 aliphatic heterocycles. The van der Waals surface area contributed by atoms with Crippen molar-refractivity contribution in [2.75, 3.05) is 32.6 Å². The minimum atomic E-state index is -0.559. The number of carbonyl (C=O) groups is 1. The molecular weight excluding hydrogens is 266 g/mol. The third kappa shape index (κ3) is 6.14. The van der Waals surface area contributed by atoms with Crippen LogP contribution in [0.2, 0.25) is 0 Å². The number of ether oxygens (including phenoxy) is 1. The van der Waals surface area contributed by atoms with Crippen molar-refractivity contribution < 1.29 is 9.53 Å². The Kier molecular flexibility index (Phi) is 6.18. The summed E-state index contributed by atoms with van der Waals surface area (Å²) in [6.07, 6.45) is 0. The Morgan fingerprint density at radius 3 is 2.62 bits per heavy atom. The van der Waals surface area contributed by atoms with Crippen LogP contribution in [-0.4, -0.2) is 44.1 Å². The number of hydrogen-bond acceptors (Lipinski definition) is 4. The van der Waals surface area contributed by atoms with Gasteiger partial charge in [0.1, 0.15) is 12.4 Å². The molecule has 21 heavy (non-hydrogen) atoms. The Bertz CT molecular complexity index is 467. The average molecular weight is 293 g/mol. The Hall–Kier alpha value is -1.59. The summed E-state index contributed by atoms with van der Waals surface area (Å²) in [5.74, 6) is 0.548. The van der Waals surface area contributed by atoms with Gasteiger partial charge in [0.15, 0.2) is 0 Å². The molecule has 1 amide bonds. The molecule has 0 saturated heterocycles. The van der Waals surface area contributed by atoms with Crippen molar-refractivity contribution in [3.63, 3.8) is 0 Å². The van der Waals surface area contributed by atoms with Crippen LogP contribution >= 0.6 is 0 Å². The van der Waals surface area contributed by atoms with E-state index in [-0.39, 0.29) is 11.3 Å². The third-order valence-electron chi connectivity index (χ3n) is 3.12. The first-order chi connectivity index (χ1) is 9.70. The number of carbonyl (C=O) groups excluding carboxylic acids is 1. The molecule has 1 rings (SSSR count). The molecule has 5 nitrogen and oxygen atoms in total. The maximum Gasteiger partial charge on any atom is 0.241 e. The summed E-state index contributed by atoms with van der Waals surface area (Å²) < 4.78 is 5.64. The van der Waals surface area contributed by atoms with E-state index in [2.05, 4.69) is 5.32 Å². The van der Waals surface area contributed by atoms with Crippen LogP contribution in [0.3, 0.4) is 0 Å². The van der Waals surface area contributed by atoms with Crippen molar-refractivity contribution in [3.8, 4) is 5.75 Å². The molecule has 3 N–H and O–H groups in total. The molecule has 0 unspecified atom stereocenters. The van der Waals surface area contributed by atoms with Crippen molar-refractivity contribution in [2.24, 2.45) is 11.1 Å². The van der Waals surface area contributed by atoms with Crippen molar-refractivity contribution in [1.29, 1.82) is 0 Å². The topological polar surface area (TPSA) is 67.6 Å². The Balaban J connectivity index is 2.62. The van der Waals surface area contributed by atoms with Crippen LogP contribution in [0.15, 0.2) is 24.3 Å². The second kappa shape index (κ2) is 7.43. The summed E-state index contributed by atoms with van der Waals surface area (Å²) in [4.78, 5) is 14.1. The van der Waals surface area contributed by atoms with Crippen LogP contribution in [-0.2, 0) is 4.79 Å². The lowest BCUT2D eigenvalue weighted by Gasteiger charge is -2.25. The number of nitrogens with one attached hydrogen (secondary N) is 1. The van der Waals surface area contributed by atoms with Crippen LogP contribution in [0.1, 0.15) is 20.8 Å². The predicted molar refractivity (Wildman–Crippen MR) is 86.6 cm³/mol. The zero-order valence-electron chi connectivity index (χ0n) is 13.6. The third-order valence-corrected chi connectivity index (χ3v) is 3.12. The van der Waals surface area contributed by atoms with Gasteiger partial charge in [-0.15, -0.1) is 0 Å². The number of benzene rings is 1.